The number of hydrogen-bond donors (Lipinski definition) is 2. The largest absolute Gasteiger partial charge is 0.452 e. The first kappa shape index (κ1) is 23.9. The van der Waals surface area contributed by atoms with Gasteiger partial charge in [0.15, 0.2) is 18.2 Å². The molecule has 0 fully saturated rings. The van der Waals surface area contributed by atoms with Crippen LogP contribution >= 0.6 is 11.8 Å². The molecular formula is C23H17F3N2O4S. The molecule has 0 aromatic heterocycles. The molecule has 0 spiro atoms. The summed E-state index contributed by atoms with van der Waals surface area (Å²) in [5.74, 6) is -4.53. The number of benzene rings is 3. The van der Waals surface area contributed by atoms with Gasteiger partial charge >= 0.3 is 5.97 Å². The third kappa shape index (κ3) is 7.11. The van der Waals surface area contributed by atoms with Gasteiger partial charge in [-0.15, -0.1) is 11.8 Å². The molecule has 0 saturated heterocycles. The number of esters is 1. The van der Waals surface area contributed by atoms with Crippen LogP contribution in [0.3, 0.4) is 0 Å². The minimum atomic E-state index is -1.13. The summed E-state index contributed by atoms with van der Waals surface area (Å²) in [5.41, 5.74) is 0.595. The van der Waals surface area contributed by atoms with Gasteiger partial charge in [0.05, 0.1) is 11.3 Å². The van der Waals surface area contributed by atoms with Gasteiger partial charge in [-0.25, -0.2) is 18.0 Å². The van der Waals surface area contributed by atoms with Crippen molar-refractivity contribution < 1.29 is 32.3 Å². The van der Waals surface area contributed by atoms with Crippen molar-refractivity contribution >= 4 is 40.9 Å². The Hall–Kier alpha value is -3.79. The summed E-state index contributed by atoms with van der Waals surface area (Å²) in [6.07, 6.45) is 0. The van der Waals surface area contributed by atoms with Crippen molar-refractivity contribution in [2.24, 2.45) is 0 Å². The summed E-state index contributed by atoms with van der Waals surface area (Å²) in [7, 11) is 0. The lowest BCUT2D eigenvalue weighted by Crippen LogP contribution is -2.21. The predicted molar refractivity (Wildman–Crippen MR) is 117 cm³/mol. The number of thioether (sulfide) groups is 1. The molecule has 0 aliphatic heterocycles. The minimum Gasteiger partial charge on any atom is -0.452 e. The van der Waals surface area contributed by atoms with Crippen LogP contribution in [0.1, 0.15) is 10.4 Å². The smallest absolute Gasteiger partial charge is 0.339 e. The number of carbonyl (C=O) groups excluding carboxylic acids is 3. The molecule has 2 N–H and O–H groups in total. The number of amides is 2. The second-order valence-electron chi connectivity index (χ2n) is 6.59. The molecule has 3 rings (SSSR count). The highest BCUT2D eigenvalue weighted by molar-refractivity contribution is 8.00. The average Bonchev–Trinajstić information content (AvgIpc) is 2.80. The molecular weight excluding hydrogens is 457 g/mol. The van der Waals surface area contributed by atoms with Crippen molar-refractivity contribution in [1.82, 2.24) is 0 Å². The van der Waals surface area contributed by atoms with E-state index in [1.54, 1.807) is 18.2 Å². The molecule has 10 heteroatoms. The third-order valence-corrected chi connectivity index (χ3v) is 5.20. The number of halogens is 3. The lowest BCUT2D eigenvalue weighted by atomic mass is 10.2. The summed E-state index contributed by atoms with van der Waals surface area (Å²) in [6.45, 7) is -0.651. The third-order valence-electron chi connectivity index (χ3n) is 4.13. The van der Waals surface area contributed by atoms with Crippen molar-refractivity contribution in [2.75, 3.05) is 23.0 Å². The molecule has 170 valence electrons. The summed E-state index contributed by atoms with van der Waals surface area (Å²) in [5, 5.41) is 4.91. The Bertz CT molecular complexity index is 1170. The van der Waals surface area contributed by atoms with Crippen LogP contribution in [0.25, 0.3) is 0 Å². The van der Waals surface area contributed by atoms with Crippen LogP contribution in [0.5, 0.6) is 0 Å². The zero-order valence-electron chi connectivity index (χ0n) is 16.9. The van der Waals surface area contributed by atoms with Crippen LogP contribution in [0.4, 0.5) is 24.5 Å². The summed E-state index contributed by atoms with van der Waals surface area (Å²) < 4.78 is 44.1. The number of hydrogen-bond acceptors (Lipinski definition) is 5. The highest BCUT2D eigenvalue weighted by atomic mass is 32.2. The molecule has 0 unspecified atom stereocenters. The van der Waals surface area contributed by atoms with Crippen LogP contribution in [-0.4, -0.2) is 30.1 Å². The lowest BCUT2D eigenvalue weighted by Gasteiger charge is -2.10. The molecule has 0 aliphatic carbocycles. The van der Waals surface area contributed by atoms with Crippen LogP contribution in [0.15, 0.2) is 71.6 Å². The van der Waals surface area contributed by atoms with Gasteiger partial charge in [-0.3, -0.25) is 9.59 Å². The number of rotatable bonds is 8. The van der Waals surface area contributed by atoms with E-state index >= 15 is 0 Å². The molecule has 3 aromatic rings. The molecule has 6 nitrogen and oxygen atoms in total. The Morgan fingerprint density at radius 2 is 1.45 bits per heavy atom. The first-order valence-corrected chi connectivity index (χ1v) is 10.5. The fourth-order valence-electron chi connectivity index (χ4n) is 2.61. The normalized spacial score (nSPS) is 10.4. The lowest BCUT2D eigenvalue weighted by molar-refractivity contribution is -0.119. The van der Waals surface area contributed by atoms with Gasteiger partial charge in [0.1, 0.15) is 5.82 Å². The first-order valence-electron chi connectivity index (χ1n) is 9.51. The van der Waals surface area contributed by atoms with Crippen LogP contribution < -0.4 is 10.6 Å². The molecule has 33 heavy (non-hydrogen) atoms. The van der Waals surface area contributed by atoms with E-state index in [1.807, 2.05) is 0 Å². The van der Waals surface area contributed by atoms with Crippen LogP contribution in [-0.2, 0) is 14.3 Å². The van der Waals surface area contributed by atoms with Gasteiger partial charge < -0.3 is 15.4 Å². The Morgan fingerprint density at radius 1 is 0.788 bits per heavy atom. The SMILES string of the molecule is O=C(COC(=O)c1ccccc1SCC(=O)Nc1ccc(F)cc1)Nc1ccc(F)c(F)c1. The van der Waals surface area contributed by atoms with E-state index in [0.29, 0.717) is 10.6 Å². The van der Waals surface area contributed by atoms with Crippen LogP contribution in [0, 0.1) is 17.5 Å². The second-order valence-corrected chi connectivity index (χ2v) is 7.61. The first-order chi connectivity index (χ1) is 15.8. The zero-order chi connectivity index (χ0) is 23.8. The molecule has 0 aliphatic rings. The van der Waals surface area contributed by atoms with E-state index in [2.05, 4.69) is 10.6 Å². The highest BCUT2D eigenvalue weighted by Gasteiger charge is 2.16. The average molecular weight is 474 g/mol. The molecule has 0 bridgehead atoms. The fraction of sp³-hybridized carbons (Fsp3) is 0.0870. The maximum Gasteiger partial charge on any atom is 0.339 e. The molecule has 3 aromatic carbocycles. The minimum absolute atomic E-state index is 0.0121. The van der Waals surface area contributed by atoms with Crippen molar-refractivity contribution in [2.45, 2.75) is 4.90 Å². The molecule has 2 amide bonds. The van der Waals surface area contributed by atoms with Crippen molar-refractivity contribution in [3.8, 4) is 0 Å². The molecule has 0 radical (unpaired) electrons. The van der Waals surface area contributed by atoms with Gasteiger partial charge in [-0.2, -0.15) is 0 Å². The Labute approximate surface area is 191 Å². The van der Waals surface area contributed by atoms with Crippen molar-refractivity contribution in [1.29, 1.82) is 0 Å². The fourth-order valence-corrected chi connectivity index (χ4v) is 3.45. The van der Waals surface area contributed by atoms with E-state index in [0.717, 1.165) is 23.9 Å². The van der Waals surface area contributed by atoms with E-state index in [4.69, 9.17) is 4.74 Å². The van der Waals surface area contributed by atoms with Crippen molar-refractivity contribution in [3.63, 3.8) is 0 Å². The Balaban J connectivity index is 1.53. The topological polar surface area (TPSA) is 84.5 Å². The maximum atomic E-state index is 13.2. The Kier molecular flexibility index (Phi) is 8.09. The zero-order valence-corrected chi connectivity index (χ0v) is 17.8. The molecule has 0 atom stereocenters. The number of nitrogens with one attached hydrogen (secondary N) is 2. The van der Waals surface area contributed by atoms with Crippen molar-refractivity contribution in [3.05, 3.63) is 89.7 Å². The summed E-state index contributed by atoms with van der Waals surface area (Å²) >= 11 is 1.08. The monoisotopic (exact) mass is 474 g/mol. The maximum absolute atomic E-state index is 13.2. The van der Waals surface area contributed by atoms with Gasteiger partial charge in [0, 0.05) is 22.3 Å². The van der Waals surface area contributed by atoms with E-state index in [1.165, 1.54) is 36.4 Å². The quantitative estimate of drug-likeness (QED) is 0.367. The standard InChI is InChI=1S/C23H17F3N2O4S/c24-14-5-7-15(8-6-14)27-22(30)13-33-20-4-2-1-3-17(20)23(31)32-12-21(29)28-16-9-10-18(25)19(26)11-16/h1-11H,12-13H2,(H,27,30)(H,28,29). The predicted octanol–water partition coefficient (Wildman–Crippen LogP) is 4.63. The van der Waals surface area contributed by atoms with E-state index in [-0.39, 0.29) is 22.9 Å². The summed E-state index contributed by atoms with van der Waals surface area (Å²) in [4.78, 5) is 37.0. The highest BCUT2D eigenvalue weighted by Crippen LogP contribution is 2.24. The molecule has 0 heterocycles. The van der Waals surface area contributed by atoms with E-state index < -0.39 is 35.9 Å². The van der Waals surface area contributed by atoms with Gasteiger partial charge in [0.2, 0.25) is 5.91 Å². The number of anilines is 2. The van der Waals surface area contributed by atoms with E-state index in [9.17, 15) is 27.6 Å². The number of ether oxygens (including phenoxy) is 1. The second kappa shape index (κ2) is 11.2. The summed E-state index contributed by atoms with van der Waals surface area (Å²) in [6, 6.07) is 14.5. The molecule has 0 saturated carbocycles. The van der Waals surface area contributed by atoms with Crippen LogP contribution in [0.2, 0.25) is 0 Å². The number of carbonyl (C=O) groups is 3. The van der Waals surface area contributed by atoms with Gasteiger partial charge in [-0.05, 0) is 48.5 Å². The Morgan fingerprint density at radius 3 is 2.18 bits per heavy atom. The van der Waals surface area contributed by atoms with Gasteiger partial charge in [-0.1, -0.05) is 12.1 Å². The van der Waals surface area contributed by atoms with Gasteiger partial charge in [0.25, 0.3) is 5.91 Å².